The SMILES string of the molecule is NC(=O)c1ccc(N)c(NC2CCCCC2CO)c1. The molecule has 1 saturated carbocycles. The Balaban J connectivity index is 2.17. The largest absolute Gasteiger partial charge is 0.397 e. The highest BCUT2D eigenvalue weighted by Gasteiger charge is 2.24. The number of nitrogens with one attached hydrogen (secondary N) is 1. The molecule has 104 valence electrons. The first kappa shape index (κ1) is 13.7. The molecule has 0 aliphatic heterocycles. The Kier molecular flexibility index (Phi) is 4.27. The number of hydrogen-bond donors (Lipinski definition) is 4. The highest BCUT2D eigenvalue weighted by atomic mass is 16.3. The number of hydrogen-bond acceptors (Lipinski definition) is 4. The maximum absolute atomic E-state index is 11.2. The highest BCUT2D eigenvalue weighted by molar-refractivity contribution is 5.94. The van der Waals surface area contributed by atoms with Crippen LogP contribution >= 0.6 is 0 Å². The van der Waals surface area contributed by atoms with Crippen LogP contribution in [0.2, 0.25) is 0 Å². The summed E-state index contributed by atoms with van der Waals surface area (Å²) in [4.78, 5) is 11.2. The van der Waals surface area contributed by atoms with Crippen molar-refractivity contribution < 1.29 is 9.90 Å². The second kappa shape index (κ2) is 5.93. The lowest BCUT2D eigenvalue weighted by Crippen LogP contribution is -2.34. The predicted octanol–water partition coefficient (Wildman–Crippen LogP) is 1.33. The van der Waals surface area contributed by atoms with Gasteiger partial charge in [-0.1, -0.05) is 12.8 Å². The minimum Gasteiger partial charge on any atom is -0.397 e. The van der Waals surface area contributed by atoms with E-state index < -0.39 is 5.91 Å². The molecule has 2 atom stereocenters. The number of benzene rings is 1. The first-order valence-corrected chi connectivity index (χ1v) is 6.68. The zero-order chi connectivity index (χ0) is 13.8. The number of nitrogens with two attached hydrogens (primary N) is 2. The molecule has 1 aromatic rings. The molecule has 0 radical (unpaired) electrons. The van der Waals surface area contributed by atoms with Gasteiger partial charge < -0.3 is 21.9 Å². The van der Waals surface area contributed by atoms with E-state index in [1.165, 1.54) is 0 Å². The minimum absolute atomic E-state index is 0.174. The van der Waals surface area contributed by atoms with E-state index in [2.05, 4.69) is 5.32 Å². The maximum Gasteiger partial charge on any atom is 0.248 e. The Morgan fingerprint density at radius 2 is 2.11 bits per heavy atom. The van der Waals surface area contributed by atoms with E-state index in [1.807, 2.05) is 0 Å². The Morgan fingerprint density at radius 3 is 2.79 bits per heavy atom. The molecule has 19 heavy (non-hydrogen) atoms. The summed E-state index contributed by atoms with van der Waals surface area (Å²) >= 11 is 0. The number of carbonyl (C=O) groups is 1. The molecule has 1 fully saturated rings. The van der Waals surface area contributed by atoms with Gasteiger partial charge in [0, 0.05) is 24.1 Å². The quantitative estimate of drug-likeness (QED) is 0.615. The summed E-state index contributed by atoms with van der Waals surface area (Å²) in [5.41, 5.74) is 12.9. The molecule has 0 bridgehead atoms. The number of primary amides is 1. The van der Waals surface area contributed by atoms with Crippen molar-refractivity contribution in [1.82, 2.24) is 0 Å². The molecule has 2 unspecified atom stereocenters. The Bertz CT molecular complexity index is 462. The Labute approximate surface area is 113 Å². The summed E-state index contributed by atoms with van der Waals surface area (Å²) < 4.78 is 0. The van der Waals surface area contributed by atoms with Crippen molar-refractivity contribution in [2.75, 3.05) is 17.7 Å². The van der Waals surface area contributed by atoms with Gasteiger partial charge in [-0.2, -0.15) is 0 Å². The number of amides is 1. The number of anilines is 2. The maximum atomic E-state index is 11.2. The van der Waals surface area contributed by atoms with Gasteiger partial charge >= 0.3 is 0 Å². The number of nitrogen functional groups attached to an aromatic ring is 1. The van der Waals surface area contributed by atoms with Crippen molar-refractivity contribution in [2.24, 2.45) is 11.7 Å². The zero-order valence-corrected chi connectivity index (χ0v) is 10.9. The lowest BCUT2D eigenvalue weighted by Gasteiger charge is -2.32. The second-order valence-corrected chi connectivity index (χ2v) is 5.14. The fraction of sp³-hybridized carbons (Fsp3) is 0.500. The van der Waals surface area contributed by atoms with Gasteiger partial charge in [-0.25, -0.2) is 0 Å². The number of carbonyl (C=O) groups excluding carboxylic acids is 1. The van der Waals surface area contributed by atoms with Crippen LogP contribution in [-0.2, 0) is 0 Å². The second-order valence-electron chi connectivity index (χ2n) is 5.14. The van der Waals surface area contributed by atoms with Crippen LogP contribution in [0.5, 0.6) is 0 Å². The fourth-order valence-corrected chi connectivity index (χ4v) is 2.65. The number of rotatable bonds is 4. The van der Waals surface area contributed by atoms with E-state index in [0.29, 0.717) is 11.3 Å². The van der Waals surface area contributed by atoms with Crippen molar-refractivity contribution in [3.63, 3.8) is 0 Å². The van der Waals surface area contributed by atoms with Crippen LogP contribution in [0.3, 0.4) is 0 Å². The standard InChI is InChI=1S/C14H21N3O2/c15-11-6-5-9(14(16)19)7-13(11)17-12-4-2-1-3-10(12)8-18/h5-7,10,12,17-18H,1-4,8,15H2,(H2,16,19). The zero-order valence-electron chi connectivity index (χ0n) is 10.9. The van der Waals surface area contributed by atoms with Crippen molar-refractivity contribution in [3.05, 3.63) is 23.8 Å². The van der Waals surface area contributed by atoms with Crippen LogP contribution in [0.15, 0.2) is 18.2 Å². The van der Waals surface area contributed by atoms with Gasteiger partial charge in [0.2, 0.25) is 5.91 Å². The number of aliphatic hydroxyl groups is 1. The van der Waals surface area contributed by atoms with E-state index in [-0.39, 0.29) is 18.6 Å². The van der Waals surface area contributed by atoms with Gasteiger partial charge in [0.05, 0.1) is 11.4 Å². The first-order valence-electron chi connectivity index (χ1n) is 6.68. The van der Waals surface area contributed by atoms with E-state index >= 15 is 0 Å². The average molecular weight is 263 g/mol. The molecule has 1 amide bonds. The molecule has 5 heteroatoms. The normalized spacial score (nSPS) is 23.0. The summed E-state index contributed by atoms with van der Waals surface area (Å²) in [6.07, 6.45) is 4.32. The molecule has 0 heterocycles. The molecule has 1 aliphatic carbocycles. The Hall–Kier alpha value is -1.75. The van der Waals surface area contributed by atoms with E-state index in [9.17, 15) is 9.90 Å². The van der Waals surface area contributed by atoms with Crippen LogP contribution < -0.4 is 16.8 Å². The van der Waals surface area contributed by atoms with Crippen molar-refractivity contribution in [1.29, 1.82) is 0 Å². The third kappa shape index (κ3) is 3.17. The van der Waals surface area contributed by atoms with Gasteiger partial charge in [0.25, 0.3) is 0 Å². The molecule has 5 nitrogen and oxygen atoms in total. The molecule has 0 saturated heterocycles. The minimum atomic E-state index is -0.467. The molecule has 2 rings (SSSR count). The van der Waals surface area contributed by atoms with Crippen LogP contribution in [-0.4, -0.2) is 23.7 Å². The molecule has 6 N–H and O–H groups in total. The average Bonchev–Trinajstić information content (AvgIpc) is 2.41. The molecule has 1 aromatic carbocycles. The lowest BCUT2D eigenvalue weighted by molar-refractivity contribution is 0.100. The van der Waals surface area contributed by atoms with Crippen LogP contribution in [0.25, 0.3) is 0 Å². The van der Waals surface area contributed by atoms with Gasteiger partial charge in [-0.05, 0) is 31.0 Å². The van der Waals surface area contributed by atoms with Gasteiger partial charge in [0.15, 0.2) is 0 Å². The van der Waals surface area contributed by atoms with Crippen molar-refractivity contribution in [3.8, 4) is 0 Å². The third-order valence-electron chi connectivity index (χ3n) is 3.82. The first-order chi connectivity index (χ1) is 9.11. The Morgan fingerprint density at radius 1 is 1.37 bits per heavy atom. The monoisotopic (exact) mass is 263 g/mol. The molecule has 1 aliphatic rings. The molecular formula is C14H21N3O2. The summed E-state index contributed by atoms with van der Waals surface area (Å²) in [5.74, 6) is -0.226. The van der Waals surface area contributed by atoms with E-state index in [1.54, 1.807) is 18.2 Å². The smallest absolute Gasteiger partial charge is 0.248 e. The van der Waals surface area contributed by atoms with E-state index in [0.717, 1.165) is 31.4 Å². The number of aliphatic hydroxyl groups excluding tert-OH is 1. The van der Waals surface area contributed by atoms with Gasteiger partial charge in [0.1, 0.15) is 0 Å². The van der Waals surface area contributed by atoms with Gasteiger partial charge in [-0.15, -0.1) is 0 Å². The summed E-state index contributed by atoms with van der Waals surface area (Å²) in [6, 6.07) is 5.18. The third-order valence-corrected chi connectivity index (χ3v) is 3.82. The van der Waals surface area contributed by atoms with Crippen molar-refractivity contribution >= 4 is 17.3 Å². The molecular weight excluding hydrogens is 242 g/mol. The summed E-state index contributed by atoms with van der Waals surface area (Å²) in [5, 5.41) is 12.8. The van der Waals surface area contributed by atoms with E-state index in [4.69, 9.17) is 11.5 Å². The summed E-state index contributed by atoms with van der Waals surface area (Å²) in [6.45, 7) is 0.174. The lowest BCUT2D eigenvalue weighted by atomic mass is 9.85. The predicted molar refractivity (Wildman–Crippen MR) is 75.8 cm³/mol. The van der Waals surface area contributed by atoms with Crippen LogP contribution in [0, 0.1) is 5.92 Å². The van der Waals surface area contributed by atoms with Crippen molar-refractivity contribution in [2.45, 2.75) is 31.7 Å². The molecule has 0 spiro atoms. The van der Waals surface area contributed by atoms with Gasteiger partial charge in [-0.3, -0.25) is 4.79 Å². The summed E-state index contributed by atoms with van der Waals surface area (Å²) in [7, 11) is 0. The van der Waals surface area contributed by atoms with Crippen LogP contribution in [0.1, 0.15) is 36.0 Å². The molecule has 0 aromatic heterocycles. The topological polar surface area (TPSA) is 101 Å². The van der Waals surface area contributed by atoms with Crippen LogP contribution in [0.4, 0.5) is 11.4 Å². The fourth-order valence-electron chi connectivity index (χ4n) is 2.65. The highest BCUT2D eigenvalue weighted by Crippen LogP contribution is 2.29.